The van der Waals surface area contributed by atoms with E-state index in [0.717, 1.165) is 54.4 Å². The lowest BCUT2D eigenvalue weighted by Crippen LogP contribution is -2.44. The summed E-state index contributed by atoms with van der Waals surface area (Å²) >= 11 is 0. The van der Waals surface area contributed by atoms with E-state index < -0.39 is 0 Å². The Morgan fingerprint density at radius 3 is 2.48 bits per heavy atom. The highest BCUT2D eigenvalue weighted by Gasteiger charge is 2.13. The van der Waals surface area contributed by atoms with Crippen LogP contribution < -0.4 is 10.2 Å². The van der Waals surface area contributed by atoms with Crippen LogP contribution in [0.1, 0.15) is 0 Å². The Morgan fingerprint density at radius 1 is 0.913 bits per heavy atom. The molecular formula is C17H16FN5. The summed E-state index contributed by atoms with van der Waals surface area (Å²) in [5.41, 5.74) is 3.22. The molecule has 6 heteroatoms. The van der Waals surface area contributed by atoms with Crippen molar-refractivity contribution in [3.05, 3.63) is 48.4 Å². The molecule has 0 unspecified atom stereocenters. The SMILES string of the molecule is Fc1ccc(-c2ccc3nc(N4CCNCC4)ncc3n2)cc1. The van der Waals surface area contributed by atoms with Crippen molar-refractivity contribution in [3.63, 3.8) is 0 Å². The first-order valence-electron chi connectivity index (χ1n) is 7.65. The summed E-state index contributed by atoms with van der Waals surface area (Å²) in [7, 11) is 0. The number of hydrogen-bond donors (Lipinski definition) is 1. The zero-order valence-corrected chi connectivity index (χ0v) is 12.5. The molecule has 0 amide bonds. The quantitative estimate of drug-likeness (QED) is 0.787. The van der Waals surface area contributed by atoms with Crippen molar-refractivity contribution in [2.24, 2.45) is 0 Å². The van der Waals surface area contributed by atoms with Gasteiger partial charge >= 0.3 is 0 Å². The number of fused-ring (bicyclic) bond motifs is 1. The second-order valence-corrected chi connectivity index (χ2v) is 5.51. The molecule has 3 aromatic rings. The number of halogens is 1. The first-order chi connectivity index (χ1) is 11.3. The van der Waals surface area contributed by atoms with Gasteiger partial charge in [0, 0.05) is 31.7 Å². The van der Waals surface area contributed by atoms with E-state index in [1.54, 1.807) is 18.3 Å². The van der Waals surface area contributed by atoms with E-state index in [1.165, 1.54) is 12.1 Å². The van der Waals surface area contributed by atoms with Crippen molar-refractivity contribution in [2.45, 2.75) is 0 Å². The zero-order chi connectivity index (χ0) is 15.6. The van der Waals surface area contributed by atoms with Gasteiger partial charge in [0.25, 0.3) is 0 Å². The molecule has 1 saturated heterocycles. The number of nitrogens with one attached hydrogen (secondary N) is 1. The lowest BCUT2D eigenvalue weighted by atomic mass is 10.1. The Bertz CT molecular complexity index is 828. The predicted octanol–water partition coefficient (Wildman–Crippen LogP) is 2.24. The van der Waals surface area contributed by atoms with E-state index in [9.17, 15) is 4.39 Å². The van der Waals surface area contributed by atoms with Crippen LogP contribution in [0.25, 0.3) is 22.3 Å². The Kier molecular flexibility index (Phi) is 3.59. The third kappa shape index (κ3) is 2.85. The van der Waals surface area contributed by atoms with Gasteiger partial charge in [-0.15, -0.1) is 0 Å². The van der Waals surface area contributed by atoms with E-state index >= 15 is 0 Å². The van der Waals surface area contributed by atoms with E-state index in [-0.39, 0.29) is 5.82 Å². The molecule has 0 radical (unpaired) electrons. The fourth-order valence-electron chi connectivity index (χ4n) is 2.71. The molecule has 1 aliphatic rings. The summed E-state index contributed by atoms with van der Waals surface area (Å²) in [5.74, 6) is 0.494. The molecular weight excluding hydrogens is 293 g/mol. The molecule has 0 atom stereocenters. The van der Waals surface area contributed by atoms with Gasteiger partial charge in [0.1, 0.15) is 11.3 Å². The van der Waals surface area contributed by atoms with Crippen LogP contribution in [-0.2, 0) is 0 Å². The summed E-state index contributed by atoms with van der Waals surface area (Å²) in [5, 5.41) is 3.31. The van der Waals surface area contributed by atoms with E-state index in [2.05, 4.69) is 25.2 Å². The summed E-state index contributed by atoms with van der Waals surface area (Å²) < 4.78 is 13.0. The van der Waals surface area contributed by atoms with Gasteiger partial charge < -0.3 is 10.2 Å². The topological polar surface area (TPSA) is 53.9 Å². The normalized spacial score (nSPS) is 15.1. The van der Waals surface area contributed by atoms with Crippen molar-refractivity contribution >= 4 is 17.0 Å². The lowest BCUT2D eigenvalue weighted by molar-refractivity contribution is 0.580. The molecule has 1 aliphatic heterocycles. The van der Waals surface area contributed by atoms with Crippen molar-refractivity contribution < 1.29 is 4.39 Å². The average Bonchev–Trinajstić information content (AvgIpc) is 2.62. The molecule has 4 rings (SSSR count). The Morgan fingerprint density at radius 2 is 1.70 bits per heavy atom. The summed E-state index contributed by atoms with van der Waals surface area (Å²) in [6, 6.07) is 10.2. The standard InChI is InChI=1S/C17H16FN5/c18-13-3-1-12(2-4-13)14-5-6-15-16(21-14)11-20-17(22-15)23-9-7-19-8-10-23/h1-6,11,19H,7-10H2. The average molecular weight is 309 g/mol. The number of anilines is 1. The monoisotopic (exact) mass is 309 g/mol. The molecule has 23 heavy (non-hydrogen) atoms. The van der Waals surface area contributed by atoms with E-state index in [4.69, 9.17) is 0 Å². The summed E-state index contributed by atoms with van der Waals surface area (Å²) in [6.45, 7) is 3.71. The maximum absolute atomic E-state index is 13.0. The highest BCUT2D eigenvalue weighted by Crippen LogP contribution is 2.21. The van der Waals surface area contributed by atoms with Gasteiger partial charge in [0.15, 0.2) is 0 Å². The first kappa shape index (κ1) is 14.0. The molecule has 0 aliphatic carbocycles. The van der Waals surface area contributed by atoms with Gasteiger partial charge in [-0.25, -0.2) is 19.3 Å². The lowest BCUT2D eigenvalue weighted by Gasteiger charge is -2.27. The number of hydrogen-bond acceptors (Lipinski definition) is 5. The maximum Gasteiger partial charge on any atom is 0.226 e. The molecule has 3 heterocycles. The zero-order valence-electron chi connectivity index (χ0n) is 12.5. The molecule has 0 saturated carbocycles. The van der Waals surface area contributed by atoms with E-state index in [1.807, 2.05) is 12.1 Å². The number of rotatable bonds is 2. The van der Waals surface area contributed by atoms with Crippen molar-refractivity contribution in [2.75, 3.05) is 31.1 Å². The molecule has 5 nitrogen and oxygen atoms in total. The van der Waals surface area contributed by atoms with Gasteiger partial charge in [-0.2, -0.15) is 0 Å². The molecule has 0 spiro atoms. The van der Waals surface area contributed by atoms with Crippen LogP contribution >= 0.6 is 0 Å². The summed E-state index contributed by atoms with van der Waals surface area (Å²) in [6.07, 6.45) is 1.76. The van der Waals surface area contributed by atoms with Gasteiger partial charge in [-0.1, -0.05) is 0 Å². The van der Waals surface area contributed by atoms with Crippen LogP contribution in [0.3, 0.4) is 0 Å². The smallest absolute Gasteiger partial charge is 0.226 e. The van der Waals surface area contributed by atoms with Gasteiger partial charge in [0.05, 0.1) is 17.4 Å². The Balaban J connectivity index is 1.68. The molecule has 1 aromatic carbocycles. The molecule has 1 fully saturated rings. The van der Waals surface area contributed by atoms with Gasteiger partial charge in [0.2, 0.25) is 5.95 Å². The van der Waals surface area contributed by atoms with Gasteiger partial charge in [-0.3, -0.25) is 0 Å². The summed E-state index contributed by atoms with van der Waals surface area (Å²) in [4.78, 5) is 15.8. The minimum absolute atomic E-state index is 0.251. The second-order valence-electron chi connectivity index (χ2n) is 5.51. The number of aromatic nitrogens is 3. The van der Waals surface area contributed by atoms with Crippen molar-refractivity contribution in [1.82, 2.24) is 20.3 Å². The van der Waals surface area contributed by atoms with Gasteiger partial charge in [-0.05, 0) is 36.4 Å². The van der Waals surface area contributed by atoms with Crippen LogP contribution in [0, 0.1) is 5.82 Å². The van der Waals surface area contributed by atoms with Crippen LogP contribution in [0.4, 0.5) is 10.3 Å². The Hall–Kier alpha value is -2.60. The highest BCUT2D eigenvalue weighted by atomic mass is 19.1. The number of nitrogens with zero attached hydrogens (tertiary/aromatic N) is 4. The first-order valence-corrected chi connectivity index (χ1v) is 7.65. The molecule has 2 aromatic heterocycles. The number of benzene rings is 1. The molecule has 1 N–H and O–H groups in total. The predicted molar refractivity (Wildman–Crippen MR) is 87.8 cm³/mol. The fraction of sp³-hybridized carbons (Fsp3) is 0.235. The fourth-order valence-corrected chi connectivity index (χ4v) is 2.71. The van der Waals surface area contributed by atoms with Crippen molar-refractivity contribution in [3.8, 4) is 11.3 Å². The molecule has 116 valence electrons. The van der Waals surface area contributed by atoms with Crippen LogP contribution in [0.2, 0.25) is 0 Å². The minimum atomic E-state index is -0.251. The largest absolute Gasteiger partial charge is 0.338 e. The highest BCUT2D eigenvalue weighted by molar-refractivity contribution is 5.78. The van der Waals surface area contributed by atoms with Crippen LogP contribution in [-0.4, -0.2) is 41.1 Å². The third-order valence-corrected chi connectivity index (χ3v) is 3.96. The maximum atomic E-state index is 13.0. The third-order valence-electron chi connectivity index (χ3n) is 3.96. The number of piperazine rings is 1. The number of pyridine rings is 1. The molecule has 0 bridgehead atoms. The minimum Gasteiger partial charge on any atom is -0.338 e. The van der Waals surface area contributed by atoms with Crippen molar-refractivity contribution in [1.29, 1.82) is 0 Å². The second kappa shape index (κ2) is 5.89. The van der Waals surface area contributed by atoms with Crippen LogP contribution in [0.15, 0.2) is 42.6 Å². The van der Waals surface area contributed by atoms with E-state index in [0.29, 0.717) is 0 Å². The Labute approximate surface area is 133 Å². The van der Waals surface area contributed by atoms with Crippen LogP contribution in [0.5, 0.6) is 0 Å².